The molecule has 0 bridgehead atoms. The van der Waals surface area contributed by atoms with Gasteiger partial charge in [0.1, 0.15) is 10.8 Å². The van der Waals surface area contributed by atoms with E-state index >= 15 is 0 Å². The molecule has 0 aromatic heterocycles. The Hall–Kier alpha value is -1.98. The van der Waals surface area contributed by atoms with Gasteiger partial charge in [-0.3, -0.25) is 4.79 Å². The van der Waals surface area contributed by atoms with E-state index in [1.54, 1.807) is 24.3 Å². The molecule has 0 atom stereocenters. The molecular weight excluding hydrogens is 299 g/mol. The van der Waals surface area contributed by atoms with E-state index in [2.05, 4.69) is 5.32 Å². The molecule has 20 heavy (non-hydrogen) atoms. The number of benzene rings is 2. The van der Waals surface area contributed by atoms with Crippen LogP contribution in [-0.2, 0) is 0 Å². The Bertz CT molecular complexity index is 691. The van der Waals surface area contributed by atoms with E-state index < -0.39 is 11.7 Å². The standard InChI is InChI=1S/C14H10ClFN2OS/c15-10-4-5-11(16)12(7-10)18-14(19)9-3-1-2-8(6-9)13(17)20/h1-7H,(H2,17,20)(H,18,19). The van der Waals surface area contributed by atoms with Crippen molar-refractivity contribution >= 4 is 40.4 Å². The highest BCUT2D eigenvalue weighted by Crippen LogP contribution is 2.20. The van der Waals surface area contributed by atoms with Gasteiger partial charge in [-0.15, -0.1) is 0 Å². The summed E-state index contributed by atoms with van der Waals surface area (Å²) in [7, 11) is 0. The first-order valence-corrected chi connectivity index (χ1v) is 6.42. The first-order chi connectivity index (χ1) is 9.47. The molecular formula is C14H10ClFN2OS. The number of carbonyl (C=O) groups excluding carboxylic acids is 1. The zero-order chi connectivity index (χ0) is 14.7. The van der Waals surface area contributed by atoms with Gasteiger partial charge < -0.3 is 11.1 Å². The van der Waals surface area contributed by atoms with E-state index in [0.717, 1.165) is 0 Å². The Morgan fingerprint density at radius 1 is 1.20 bits per heavy atom. The van der Waals surface area contributed by atoms with E-state index in [4.69, 9.17) is 29.6 Å². The van der Waals surface area contributed by atoms with Crippen LogP contribution in [0.3, 0.4) is 0 Å². The van der Waals surface area contributed by atoms with Crippen LogP contribution >= 0.6 is 23.8 Å². The van der Waals surface area contributed by atoms with E-state index in [-0.39, 0.29) is 10.7 Å². The zero-order valence-corrected chi connectivity index (χ0v) is 11.8. The van der Waals surface area contributed by atoms with Crippen molar-refractivity contribution in [1.82, 2.24) is 0 Å². The average Bonchev–Trinajstić information content (AvgIpc) is 2.43. The quantitative estimate of drug-likeness (QED) is 0.855. The van der Waals surface area contributed by atoms with Crippen molar-refractivity contribution in [3.8, 4) is 0 Å². The largest absolute Gasteiger partial charge is 0.389 e. The number of nitrogens with two attached hydrogens (primary N) is 1. The topological polar surface area (TPSA) is 55.1 Å². The highest BCUT2D eigenvalue weighted by atomic mass is 35.5. The fraction of sp³-hybridized carbons (Fsp3) is 0. The number of halogens is 2. The minimum atomic E-state index is -0.562. The Morgan fingerprint density at radius 3 is 2.60 bits per heavy atom. The van der Waals surface area contributed by atoms with E-state index in [1.165, 1.54) is 18.2 Å². The maximum atomic E-state index is 13.5. The van der Waals surface area contributed by atoms with E-state index in [0.29, 0.717) is 16.1 Å². The SMILES string of the molecule is NC(=S)c1cccc(C(=O)Nc2cc(Cl)ccc2F)c1. The lowest BCUT2D eigenvalue weighted by Gasteiger charge is -2.08. The number of rotatable bonds is 3. The van der Waals surface area contributed by atoms with Crippen molar-refractivity contribution in [2.24, 2.45) is 5.73 Å². The number of carbonyl (C=O) groups is 1. The maximum Gasteiger partial charge on any atom is 0.255 e. The fourth-order valence-corrected chi connectivity index (χ4v) is 1.90. The Balaban J connectivity index is 2.26. The number of hydrogen-bond donors (Lipinski definition) is 2. The predicted octanol–water partition coefficient (Wildman–Crippen LogP) is 3.37. The Morgan fingerprint density at radius 2 is 1.90 bits per heavy atom. The molecule has 0 unspecified atom stereocenters. The summed E-state index contributed by atoms with van der Waals surface area (Å²) in [6.07, 6.45) is 0. The van der Waals surface area contributed by atoms with Crippen LogP contribution in [0.25, 0.3) is 0 Å². The van der Waals surface area contributed by atoms with E-state index in [9.17, 15) is 9.18 Å². The third-order valence-corrected chi connectivity index (χ3v) is 3.06. The Kier molecular flexibility index (Phi) is 4.32. The van der Waals surface area contributed by atoms with Gasteiger partial charge in [-0.25, -0.2) is 4.39 Å². The van der Waals surface area contributed by atoms with Crippen LogP contribution in [0, 0.1) is 5.82 Å². The van der Waals surface area contributed by atoms with Gasteiger partial charge in [0.05, 0.1) is 5.69 Å². The number of anilines is 1. The predicted molar refractivity (Wildman–Crippen MR) is 81.7 cm³/mol. The molecule has 0 saturated heterocycles. The zero-order valence-electron chi connectivity index (χ0n) is 10.2. The number of thiocarbonyl (C=S) groups is 1. The molecule has 0 radical (unpaired) electrons. The molecule has 0 heterocycles. The van der Waals surface area contributed by atoms with Gasteiger partial charge in [-0.2, -0.15) is 0 Å². The molecule has 0 aliphatic rings. The summed E-state index contributed by atoms with van der Waals surface area (Å²) in [5.74, 6) is -1.03. The minimum absolute atomic E-state index is 0.0169. The van der Waals surface area contributed by atoms with Gasteiger partial charge in [-0.1, -0.05) is 36.0 Å². The second kappa shape index (κ2) is 5.98. The van der Waals surface area contributed by atoms with Crippen LogP contribution in [0.4, 0.5) is 10.1 Å². The smallest absolute Gasteiger partial charge is 0.255 e. The lowest BCUT2D eigenvalue weighted by Crippen LogP contribution is -2.15. The summed E-state index contributed by atoms with van der Waals surface area (Å²) in [6, 6.07) is 10.4. The summed E-state index contributed by atoms with van der Waals surface area (Å²) < 4.78 is 13.5. The number of amides is 1. The van der Waals surface area contributed by atoms with Crippen molar-refractivity contribution in [1.29, 1.82) is 0 Å². The van der Waals surface area contributed by atoms with Crippen molar-refractivity contribution in [3.05, 3.63) is 64.4 Å². The molecule has 1 amide bonds. The second-order valence-electron chi connectivity index (χ2n) is 4.02. The summed E-state index contributed by atoms with van der Waals surface area (Å²) >= 11 is 10.6. The summed E-state index contributed by atoms with van der Waals surface area (Å²) in [5.41, 5.74) is 6.42. The van der Waals surface area contributed by atoms with Gasteiger partial charge >= 0.3 is 0 Å². The molecule has 0 aliphatic heterocycles. The molecule has 102 valence electrons. The van der Waals surface area contributed by atoms with Crippen LogP contribution in [0.5, 0.6) is 0 Å². The molecule has 2 rings (SSSR count). The molecule has 6 heteroatoms. The van der Waals surface area contributed by atoms with Crippen LogP contribution in [-0.4, -0.2) is 10.9 Å². The average molecular weight is 309 g/mol. The fourth-order valence-electron chi connectivity index (χ4n) is 1.60. The first-order valence-electron chi connectivity index (χ1n) is 5.63. The monoisotopic (exact) mass is 308 g/mol. The van der Waals surface area contributed by atoms with Gasteiger partial charge in [0, 0.05) is 16.1 Å². The second-order valence-corrected chi connectivity index (χ2v) is 4.90. The molecule has 2 aromatic carbocycles. The summed E-state index contributed by atoms with van der Waals surface area (Å²) in [5, 5.41) is 2.78. The molecule has 0 saturated carbocycles. The minimum Gasteiger partial charge on any atom is -0.389 e. The van der Waals surface area contributed by atoms with Gasteiger partial charge in [0.2, 0.25) is 0 Å². The normalized spacial score (nSPS) is 10.1. The lowest BCUT2D eigenvalue weighted by molar-refractivity contribution is 0.102. The highest BCUT2D eigenvalue weighted by molar-refractivity contribution is 7.80. The highest BCUT2D eigenvalue weighted by Gasteiger charge is 2.10. The molecule has 3 N–H and O–H groups in total. The third-order valence-electron chi connectivity index (χ3n) is 2.59. The molecule has 0 aliphatic carbocycles. The van der Waals surface area contributed by atoms with Crippen molar-refractivity contribution in [2.75, 3.05) is 5.32 Å². The number of nitrogens with one attached hydrogen (secondary N) is 1. The van der Waals surface area contributed by atoms with Crippen LogP contribution in [0.1, 0.15) is 15.9 Å². The van der Waals surface area contributed by atoms with Crippen molar-refractivity contribution < 1.29 is 9.18 Å². The molecule has 2 aromatic rings. The van der Waals surface area contributed by atoms with Crippen LogP contribution < -0.4 is 11.1 Å². The lowest BCUT2D eigenvalue weighted by atomic mass is 10.1. The molecule has 3 nitrogen and oxygen atoms in total. The van der Waals surface area contributed by atoms with Gasteiger partial charge in [-0.05, 0) is 30.3 Å². The van der Waals surface area contributed by atoms with Gasteiger partial charge in [0.25, 0.3) is 5.91 Å². The van der Waals surface area contributed by atoms with Crippen LogP contribution in [0.2, 0.25) is 5.02 Å². The summed E-state index contributed by atoms with van der Waals surface area (Å²) in [6.45, 7) is 0. The first kappa shape index (κ1) is 14.4. The van der Waals surface area contributed by atoms with Crippen molar-refractivity contribution in [3.63, 3.8) is 0 Å². The Labute approximate surface area is 125 Å². The maximum absolute atomic E-state index is 13.5. The van der Waals surface area contributed by atoms with Crippen molar-refractivity contribution in [2.45, 2.75) is 0 Å². The van der Waals surface area contributed by atoms with Gasteiger partial charge in [0.15, 0.2) is 0 Å². The van der Waals surface area contributed by atoms with E-state index in [1.807, 2.05) is 0 Å². The third kappa shape index (κ3) is 3.31. The summed E-state index contributed by atoms with van der Waals surface area (Å²) in [4.78, 5) is 12.2. The molecule has 0 spiro atoms. The number of hydrogen-bond acceptors (Lipinski definition) is 2. The van der Waals surface area contributed by atoms with Crippen LogP contribution in [0.15, 0.2) is 42.5 Å². The molecule has 0 fully saturated rings.